The summed E-state index contributed by atoms with van der Waals surface area (Å²) in [5, 5.41) is 0. The van der Waals surface area contributed by atoms with Gasteiger partial charge in [0.15, 0.2) is 0 Å². The number of carbonyl (C=O) groups excluding carboxylic acids is 2. The highest BCUT2D eigenvalue weighted by Gasteiger charge is 2.46. The van der Waals surface area contributed by atoms with E-state index in [1.165, 1.54) is 0 Å². The van der Waals surface area contributed by atoms with Gasteiger partial charge in [-0.15, -0.1) is 0 Å². The summed E-state index contributed by atoms with van der Waals surface area (Å²) >= 11 is 0. The van der Waals surface area contributed by atoms with E-state index in [1.54, 1.807) is 6.92 Å². The minimum absolute atomic E-state index is 0.0490. The van der Waals surface area contributed by atoms with Crippen molar-refractivity contribution in [3.05, 3.63) is 12.2 Å². The highest BCUT2D eigenvalue weighted by Crippen LogP contribution is 2.37. The lowest BCUT2D eigenvalue weighted by Gasteiger charge is -2.32. The molecule has 0 amide bonds. The molecule has 1 rings (SSSR count). The number of carbonyl (C=O) groups is 2. The van der Waals surface area contributed by atoms with Gasteiger partial charge in [0.25, 0.3) is 0 Å². The Morgan fingerprint density at radius 1 is 1.50 bits per heavy atom. The predicted octanol–water partition coefficient (Wildman–Crippen LogP) is 2.65. The number of ketones is 1. The predicted molar refractivity (Wildman–Crippen MR) is 62.0 cm³/mol. The Hall–Kier alpha value is -1.12. The number of esters is 1. The molecular weight excluding hydrogens is 204 g/mol. The number of ether oxygens (including phenoxy) is 1. The molecule has 16 heavy (non-hydrogen) atoms. The fraction of sp³-hybridized carbons (Fsp3) is 0.692. The molecule has 0 N–H and O–H groups in total. The molecule has 0 radical (unpaired) electrons. The van der Waals surface area contributed by atoms with E-state index in [1.807, 2.05) is 6.92 Å². The van der Waals surface area contributed by atoms with Crippen LogP contribution >= 0.6 is 0 Å². The molecule has 3 heteroatoms. The van der Waals surface area contributed by atoms with Gasteiger partial charge in [0, 0.05) is 6.42 Å². The standard InChI is InChI=1S/C13H20O3/c1-4-13(8-6-5-7-11(13)14)12(15)16-9-10(2)3/h2,4-9H2,1,3H3. The third kappa shape index (κ3) is 2.52. The van der Waals surface area contributed by atoms with Gasteiger partial charge in [-0.25, -0.2) is 0 Å². The number of Topliss-reactive ketones (excluding diaryl/α,β-unsaturated/α-hetero) is 1. The largest absolute Gasteiger partial charge is 0.460 e. The van der Waals surface area contributed by atoms with Crippen LogP contribution in [0.4, 0.5) is 0 Å². The Kier molecular flexibility index (Phi) is 4.27. The summed E-state index contributed by atoms with van der Waals surface area (Å²) in [6.07, 6.45) is 3.52. The molecule has 0 aliphatic heterocycles. The summed E-state index contributed by atoms with van der Waals surface area (Å²) in [7, 11) is 0. The summed E-state index contributed by atoms with van der Waals surface area (Å²) in [5.41, 5.74) is -0.0730. The topological polar surface area (TPSA) is 43.4 Å². The summed E-state index contributed by atoms with van der Waals surface area (Å²) < 4.78 is 5.15. The normalized spacial score (nSPS) is 25.2. The molecule has 3 nitrogen and oxygen atoms in total. The lowest BCUT2D eigenvalue weighted by atomic mass is 9.71. The number of rotatable bonds is 4. The highest BCUT2D eigenvalue weighted by molar-refractivity contribution is 6.04. The van der Waals surface area contributed by atoms with Gasteiger partial charge < -0.3 is 4.74 Å². The van der Waals surface area contributed by atoms with Crippen molar-refractivity contribution in [1.29, 1.82) is 0 Å². The van der Waals surface area contributed by atoms with Gasteiger partial charge in [-0.3, -0.25) is 9.59 Å². The Balaban J connectivity index is 2.74. The zero-order chi connectivity index (χ0) is 12.2. The van der Waals surface area contributed by atoms with Crippen molar-refractivity contribution in [2.75, 3.05) is 6.61 Å². The second-order valence-corrected chi connectivity index (χ2v) is 4.60. The maximum Gasteiger partial charge on any atom is 0.319 e. The van der Waals surface area contributed by atoms with Crippen LogP contribution in [0.1, 0.15) is 46.0 Å². The third-order valence-electron chi connectivity index (χ3n) is 3.24. The van der Waals surface area contributed by atoms with Crippen LogP contribution in [-0.2, 0) is 14.3 Å². The zero-order valence-corrected chi connectivity index (χ0v) is 10.2. The zero-order valence-electron chi connectivity index (χ0n) is 10.2. The minimum Gasteiger partial charge on any atom is -0.460 e. The molecule has 0 spiro atoms. The van der Waals surface area contributed by atoms with Gasteiger partial charge in [-0.05, 0) is 31.8 Å². The van der Waals surface area contributed by atoms with Gasteiger partial charge >= 0.3 is 5.97 Å². The summed E-state index contributed by atoms with van der Waals surface area (Å²) in [6.45, 7) is 7.57. The molecule has 0 saturated heterocycles. The van der Waals surface area contributed by atoms with Gasteiger partial charge in [0.2, 0.25) is 0 Å². The lowest BCUT2D eigenvalue weighted by Crippen LogP contribution is -2.42. The maximum atomic E-state index is 12.0. The van der Waals surface area contributed by atoms with Crippen molar-refractivity contribution in [2.24, 2.45) is 5.41 Å². The van der Waals surface area contributed by atoms with Crippen molar-refractivity contribution in [2.45, 2.75) is 46.0 Å². The SMILES string of the molecule is C=C(C)COC(=O)C1(CC)CCCCC1=O. The van der Waals surface area contributed by atoms with Crippen LogP contribution in [0.2, 0.25) is 0 Å². The molecule has 1 saturated carbocycles. The molecule has 0 aromatic heterocycles. The maximum absolute atomic E-state index is 12.0. The fourth-order valence-electron chi connectivity index (χ4n) is 2.15. The van der Waals surface area contributed by atoms with Crippen molar-refractivity contribution in [3.63, 3.8) is 0 Å². The van der Waals surface area contributed by atoms with Crippen LogP contribution in [0.25, 0.3) is 0 Å². The molecule has 1 fully saturated rings. The molecule has 0 aromatic rings. The highest BCUT2D eigenvalue weighted by atomic mass is 16.5. The van der Waals surface area contributed by atoms with Crippen molar-refractivity contribution in [3.8, 4) is 0 Å². The summed E-state index contributed by atoms with van der Waals surface area (Å²) in [5.74, 6) is -0.310. The first-order valence-electron chi connectivity index (χ1n) is 5.88. The van der Waals surface area contributed by atoms with Crippen molar-refractivity contribution in [1.82, 2.24) is 0 Å². The molecule has 1 atom stereocenters. The Morgan fingerprint density at radius 3 is 2.69 bits per heavy atom. The second-order valence-electron chi connectivity index (χ2n) is 4.60. The average Bonchev–Trinajstić information content (AvgIpc) is 2.27. The van der Waals surface area contributed by atoms with Crippen LogP contribution < -0.4 is 0 Å². The number of hydrogen-bond donors (Lipinski definition) is 0. The monoisotopic (exact) mass is 224 g/mol. The Morgan fingerprint density at radius 2 is 2.19 bits per heavy atom. The molecule has 0 heterocycles. The van der Waals surface area contributed by atoms with E-state index in [9.17, 15) is 9.59 Å². The van der Waals surface area contributed by atoms with Gasteiger partial charge in [0.05, 0.1) is 0 Å². The summed E-state index contributed by atoms with van der Waals surface area (Å²) in [4.78, 5) is 23.9. The van der Waals surface area contributed by atoms with Crippen molar-refractivity contribution < 1.29 is 14.3 Å². The third-order valence-corrected chi connectivity index (χ3v) is 3.24. The quantitative estimate of drug-likeness (QED) is 0.419. The van der Waals surface area contributed by atoms with E-state index < -0.39 is 5.41 Å². The first kappa shape index (κ1) is 12.9. The number of hydrogen-bond acceptors (Lipinski definition) is 3. The molecular formula is C13H20O3. The molecule has 0 bridgehead atoms. The van der Waals surface area contributed by atoms with Crippen LogP contribution in [0, 0.1) is 5.41 Å². The van der Waals surface area contributed by atoms with Gasteiger partial charge in [0.1, 0.15) is 17.8 Å². The van der Waals surface area contributed by atoms with E-state index in [4.69, 9.17) is 4.74 Å². The Bertz CT molecular complexity index is 306. The first-order chi connectivity index (χ1) is 7.53. The smallest absolute Gasteiger partial charge is 0.319 e. The second kappa shape index (κ2) is 5.28. The van der Waals surface area contributed by atoms with E-state index in [2.05, 4.69) is 6.58 Å². The van der Waals surface area contributed by atoms with Crippen LogP contribution in [0.3, 0.4) is 0 Å². The summed E-state index contributed by atoms with van der Waals surface area (Å²) in [6, 6.07) is 0. The fourth-order valence-corrected chi connectivity index (χ4v) is 2.15. The van der Waals surface area contributed by atoms with Gasteiger partial charge in [-0.2, -0.15) is 0 Å². The minimum atomic E-state index is -0.867. The molecule has 1 unspecified atom stereocenters. The van der Waals surface area contributed by atoms with Crippen molar-refractivity contribution >= 4 is 11.8 Å². The van der Waals surface area contributed by atoms with Crippen LogP contribution in [0.5, 0.6) is 0 Å². The lowest BCUT2D eigenvalue weighted by molar-refractivity contribution is -0.162. The first-order valence-corrected chi connectivity index (χ1v) is 5.88. The molecule has 1 aliphatic rings. The van der Waals surface area contributed by atoms with E-state index in [0.29, 0.717) is 19.3 Å². The molecule has 90 valence electrons. The molecule has 1 aliphatic carbocycles. The van der Waals surface area contributed by atoms with Crippen LogP contribution in [-0.4, -0.2) is 18.4 Å². The molecule has 0 aromatic carbocycles. The van der Waals surface area contributed by atoms with Crippen LogP contribution in [0.15, 0.2) is 12.2 Å². The Labute approximate surface area is 96.9 Å². The van der Waals surface area contributed by atoms with E-state index in [-0.39, 0.29) is 18.4 Å². The van der Waals surface area contributed by atoms with E-state index >= 15 is 0 Å². The average molecular weight is 224 g/mol. The van der Waals surface area contributed by atoms with Gasteiger partial charge in [-0.1, -0.05) is 19.9 Å². The van der Waals surface area contributed by atoms with E-state index in [0.717, 1.165) is 18.4 Å².